The van der Waals surface area contributed by atoms with Gasteiger partial charge in [0.25, 0.3) is 0 Å². The zero-order valence-corrected chi connectivity index (χ0v) is 16.7. The van der Waals surface area contributed by atoms with Gasteiger partial charge in [-0.2, -0.15) is 18.3 Å². The Morgan fingerprint density at radius 1 is 1.28 bits per heavy atom. The molecule has 6 nitrogen and oxygen atoms in total. The van der Waals surface area contributed by atoms with E-state index in [1.165, 1.54) is 6.20 Å². The molecular weight excluding hydrogens is 383 g/mol. The van der Waals surface area contributed by atoms with E-state index in [9.17, 15) is 13.2 Å². The van der Waals surface area contributed by atoms with Crippen LogP contribution >= 0.6 is 0 Å². The van der Waals surface area contributed by atoms with E-state index in [1.54, 1.807) is 0 Å². The van der Waals surface area contributed by atoms with Gasteiger partial charge in [0.15, 0.2) is 0 Å². The van der Waals surface area contributed by atoms with Crippen molar-refractivity contribution in [3.63, 3.8) is 0 Å². The van der Waals surface area contributed by atoms with Crippen LogP contribution < -0.4 is 5.73 Å². The van der Waals surface area contributed by atoms with Gasteiger partial charge < -0.3 is 15.4 Å². The van der Waals surface area contributed by atoms with E-state index in [0.29, 0.717) is 30.9 Å². The number of halogens is 3. The number of ether oxygens (including phenoxy) is 1. The minimum absolute atomic E-state index is 0.0687. The van der Waals surface area contributed by atoms with Crippen molar-refractivity contribution < 1.29 is 17.9 Å². The molecule has 0 radical (unpaired) electrons. The second kappa shape index (κ2) is 8.44. The molecule has 29 heavy (non-hydrogen) atoms. The lowest BCUT2D eigenvalue weighted by Gasteiger charge is -2.30. The van der Waals surface area contributed by atoms with Crippen molar-refractivity contribution in [3.05, 3.63) is 41.9 Å². The molecule has 0 bridgehead atoms. The van der Waals surface area contributed by atoms with Gasteiger partial charge in [0.1, 0.15) is 5.82 Å². The van der Waals surface area contributed by atoms with E-state index in [2.05, 4.69) is 21.6 Å². The van der Waals surface area contributed by atoms with Gasteiger partial charge in [-0.25, -0.2) is 4.98 Å². The van der Waals surface area contributed by atoms with Gasteiger partial charge >= 0.3 is 6.18 Å². The van der Waals surface area contributed by atoms with Crippen LogP contribution in [0.4, 0.5) is 19.0 Å². The third kappa shape index (κ3) is 4.90. The summed E-state index contributed by atoms with van der Waals surface area (Å²) in [5.74, 6) is -0.536. The van der Waals surface area contributed by atoms with Crippen LogP contribution in [0, 0.1) is 0 Å². The Bertz CT molecular complexity index is 869. The number of hydrogen-bond acceptors (Lipinski definition) is 5. The standard InChI is InChI=1S/C20H26F3N5O/c1-13(2)28-16(5-4-14(3)27-6-8-29-9-7-27)11-18(26-28)15-10-17(20(21,22)23)19(24)25-12-15/h10-13H,3-9H2,1-2H3,(H2,24,25). The molecule has 9 heteroatoms. The number of alkyl halides is 3. The van der Waals surface area contributed by atoms with Gasteiger partial charge in [-0.1, -0.05) is 6.58 Å². The summed E-state index contributed by atoms with van der Waals surface area (Å²) in [6.45, 7) is 11.2. The maximum Gasteiger partial charge on any atom is 0.419 e. The van der Waals surface area contributed by atoms with E-state index in [-0.39, 0.29) is 6.04 Å². The molecule has 0 aliphatic carbocycles. The van der Waals surface area contributed by atoms with Crippen LogP contribution in [0.25, 0.3) is 11.3 Å². The van der Waals surface area contributed by atoms with Gasteiger partial charge in [-0.05, 0) is 38.8 Å². The average Bonchev–Trinajstić information content (AvgIpc) is 3.11. The second-order valence-electron chi connectivity index (χ2n) is 7.38. The van der Waals surface area contributed by atoms with Crippen LogP contribution in [0.1, 0.15) is 37.6 Å². The number of morpholine rings is 1. The number of pyridine rings is 1. The third-order valence-corrected chi connectivity index (χ3v) is 4.95. The first-order valence-corrected chi connectivity index (χ1v) is 9.58. The van der Waals surface area contributed by atoms with Crippen molar-refractivity contribution in [3.8, 4) is 11.3 Å². The number of nitrogens with zero attached hydrogens (tertiary/aromatic N) is 4. The largest absolute Gasteiger partial charge is 0.419 e. The van der Waals surface area contributed by atoms with Crippen LogP contribution in [-0.4, -0.2) is 46.0 Å². The molecule has 1 aliphatic rings. The summed E-state index contributed by atoms with van der Waals surface area (Å²) >= 11 is 0. The number of aromatic nitrogens is 3. The third-order valence-electron chi connectivity index (χ3n) is 4.95. The van der Waals surface area contributed by atoms with Crippen LogP contribution in [-0.2, 0) is 17.3 Å². The van der Waals surface area contributed by atoms with Gasteiger partial charge in [-0.3, -0.25) is 4.68 Å². The lowest BCUT2D eigenvalue weighted by molar-refractivity contribution is -0.137. The lowest BCUT2D eigenvalue weighted by Crippen LogP contribution is -2.35. The normalized spacial score (nSPS) is 15.2. The summed E-state index contributed by atoms with van der Waals surface area (Å²) < 4.78 is 46.7. The molecule has 0 unspecified atom stereocenters. The van der Waals surface area contributed by atoms with E-state index in [1.807, 2.05) is 24.6 Å². The fourth-order valence-corrected chi connectivity index (χ4v) is 3.36. The van der Waals surface area contributed by atoms with Crippen LogP contribution in [0.2, 0.25) is 0 Å². The molecule has 2 aromatic rings. The van der Waals surface area contributed by atoms with E-state index < -0.39 is 17.6 Å². The maximum absolute atomic E-state index is 13.2. The van der Waals surface area contributed by atoms with Crippen molar-refractivity contribution in [2.45, 2.75) is 38.9 Å². The molecule has 2 N–H and O–H groups in total. The number of nitrogen functional groups attached to an aromatic ring is 1. The summed E-state index contributed by atoms with van der Waals surface area (Å²) in [6, 6.07) is 2.89. The number of rotatable bonds is 6. The first kappa shape index (κ1) is 21.2. The molecule has 0 atom stereocenters. The zero-order valence-electron chi connectivity index (χ0n) is 16.7. The van der Waals surface area contributed by atoms with Crippen LogP contribution in [0.3, 0.4) is 0 Å². The lowest BCUT2D eigenvalue weighted by atomic mass is 10.1. The van der Waals surface area contributed by atoms with Crippen LogP contribution in [0.15, 0.2) is 30.6 Å². The number of allylic oxidation sites excluding steroid dienone is 1. The highest BCUT2D eigenvalue weighted by atomic mass is 19.4. The van der Waals surface area contributed by atoms with Crippen molar-refractivity contribution in [2.24, 2.45) is 0 Å². The highest BCUT2D eigenvalue weighted by Gasteiger charge is 2.34. The molecule has 0 saturated carbocycles. The minimum atomic E-state index is -4.56. The monoisotopic (exact) mass is 409 g/mol. The quantitative estimate of drug-likeness (QED) is 0.784. The van der Waals surface area contributed by atoms with E-state index in [4.69, 9.17) is 10.5 Å². The smallest absolute Gasteiger partial charge is 0.383 e. The zero-order chi connectivity index (χ0) is 21.2. The number of nitrogens with two attached hydrogens (primary N) is 1. The highest BCUT2D eigenvalue weighted by Crippen LogP contribution is 2.35. The Balaban J connectivity index is 1.83. The Hall–Kier alpha value is -2.55. The predicted octanol–water partition coefficient (Wildman–Crippen LogP) is 3.91. The highest BCUT2D eigenvalue weighted by molar-refractivity contribution is 5.62. The summed E-state index contributed by atoms with van der Waals surface area (Å²) in [7, 11) is 0. The molecule has 1 aliphatic heterocycles. The van der Waals surface area contributed by atoms with Gasteiger partial charge in [0.2, 0.25) is 0 Å². The second-order valence-corrected chi connectivity index (χ2v) is 7.38. The topological polar surface area (TPSA) is 69.2 Å². The molecule has 1 saturated heterocycles. The fourth-order valence-electron chi connectivity index (χ4n) is 3.36. The summed E-state index contributed by atoms with van der Waals surface area (Å²) in [4.78, 5) is 5.93. The van der Waals surface area contributed by atoms with Crippen molar-refractivity contribution in [1.29, 1.82) is 0 Å². The SMILES string of the molecule is C=C(CCc1cc(-c2cnc(N)c(C(F)(F)F)c2)nn1C(C)C)N1CCOCC1. The predicted molar refractivity (Wildman–Crippen MR) is 105 cm³/mol. The molecule has 158 valence electrons. The molecule has 0 aromatic carbocycles. The molecule has 3 rings (SSSR count). The fraction of sp³-hybridized carbons (Fsp3) is 0.500. The number of anilines is 1. The van der Waals surface area contributed by atoms with E-state index in [0.717, 1.165) is 37.0 Å². The van der Waals surface area contributed by atoms with Crippen molar-refractivity contribution in [2.75, 3.05) is 32.0 Å². The van der Waals surface area contributed by atoms with Crippen LogP contribution in [0.5, 0.6) is 0 Å². The number of hydrogen-bond donors (Lipinski definition) is 1. The summed E-state index contributed by atoms with van der Waals surface area (Å²) in [5.41, 5.74) is 7.17. The van der Waals surface area contributed by atoms with E-state index >= 15 is 0 Å². The first-order chi connectivity index (χ1) is 13.7. The minimum Gasteiger partial charge on any atom is -0.383 e. The first-order valence-electron chi connectivity index (χ1n) is 9.58. The molecule has 3 heterocycles. The molecular formula is C20H26F3N5O. The van der Waals surface area contributed by atoms with Crippen molar-refractivity contribution in [1.82, 2.24) is 19.7 Å². The van der Waals surface area contributed by atoms with Crippen molar-refractivity contribution >= 4 is 5.82 Å². The Morgan fingerprint density at radius 3 is 2.59 bits per heavy atom. The molecule has 0 amide bonds. The Labute approximate surface area is 168 Å². The maximum atomic E-state index is 13.2. The number of aryl methyl sites for hydroxylation is 1. The van der Waals surface area contributed by atoms with Gasteiger partial charge in [0.05, 0.1) is 24.5 Å². The Kier molecular flexibility index (Phi) is 6.16. The summed E-state index contributed by atoms with van der Waals surface area (Å²) in [5, 5.41) is 4.53. The average molecular weight is 409 g/mol. The summed E-state index contributed by atoms with van der Waals surface area (Å²) in [6.07, 6.45) is -1.80. The van der Waals surface area contributed by atoms with Gasteiger partial charge in [0, 0.05) is 42.3 Å². The molecule has 1 fully saturated rings. The molecule has 2 aromatic heterocycles. The van der Waals surface area contributed by atoms with Gasteiger partial charge in [-0.15, -0.1) is 0 Å². The Morgan fingerprint density at radius 2 is 1.97 bits per heavy atom. The molecule has 0 spiro atoms.